The molecule has 0 spiro atoms. The van der Waals surface area contributed by atoms with E-state index < -0.39 is 0 Å². The molecule has 0 radical (unpaired) electrons. The van der Waals surface area contributed by atoms with Crippen LogP contribution >= 0.6 is 0 Å². The predicted molar refractivity (Wildman–Crippen MR) is 81.7 cm³/mol. The molecule has 3 N–H and O–H groups in total. The van der Waals surface area contributed by atoms with Gasteiger partial charge in [0.15, 0.2) is 0 Å². The number of carbonyl (C=O) groups is 1. The van der Waals surface area contributed by atoms with Gasteiger partial charge in [-0.15, -0.1) is 0 Å². The highest BCUT2D eigenvalue weighted by Crippen LogP contribution is 2.36. The summed E-state index contributed by atoms with van der Waals surface area (Å²) in [7, 11) is 0. The third-order valence-corrected chi connectivity index (χ3v) is 4.64. The number of nitrogens with one attached hydrogen (secondary N) is 1. The first-order valence-corrected chi connectivity index (χ1v) is 8.31. The Hall–Kier alpha value is -0.650. The van der Waals surface area contributed by atoms with Crippen molar-refractivity contribution in [3.8, 4) is 0 Å². The van der Waals surface area contributed by atoms with Crippen LogP contribution in [0.5, 0.6) is 0 Å². The van der Waals surface area contributed by atoms with Gasteiger partial charge in [-0.3, -0.25) is 9.69 Å². The molecule has 1 saturated carbocycles. The normalized spacial score (nSPS) is 28.6. The van der Waals surface area contributed by atoms with E-state index in [-0.39, 0.29) is 30.6 Å². The lowest BCUT2D eigenvalue weighted by Gasteiger charge is -2.38. The monoisotopic (exact) mass is 298 g/mol. The van der Waals surface area contributed by atoms with E-state index in [1.54, 1.807) is 0 Å². The highest BCUT2D eigenvalue weighted by molar-refractivity contribution is 5.78. The summed E-state index contributed by atoms with van der Waals surface area (Å²) in [5.74, 6) is 0.987. The Morgan fingerprint density at radius 1 is 1.33 bits per heavy atom. The first-order valence-electron chi connectivity index (χ1n) is 8.31. The average Bonchev–Trinajstić information content (AvgIpc) is 3.22. The van der Waals surface area contributed by atoms with Crippen LogP contribution in [-0.2, 0) is 4.79 Å². The summed E-state index contributed by atoms with van der Waals surface area (Å²) in [5, 5.41) is 22.4. The van der Waals surface area contributed by atoms with Crippen LogP contribution in [0.25, 0.3) is 0 Å². The molecule has 2 fully saturated rings. The molecule has 1 amide bonds. The lowest BCUT2D eigenvalue weighted by Crippen LogP contribution is -2.52. The maximum atomic E-state index is 11.9. The lowest BCUT2D eigenvalue weighted by molar-refractivity contribution is -0.125. The third kappa shape index (κ3) is 5.24. The van der Waals surface area contributed by atoms with E-state index in [9.17, 15) is 9.90 Å². The number of carbonyl (C=O) groups excluding carboxylic acids is 1. The van der Waals surface area contributed by atoms with Gasteiger partial charge < -0.3 is 15.5 Å². The molecule has 2 aliphatic rings. The van der Waals surface area contributed by atoms with Gasteiger partial charge in [-0.25, -0.2) is 0 Å². The van der Waals surface area contributed by atoms with E-state index in [1.807, 2.05) is 13.8 Å². The first-order chi connectivity index (χ1) is 9.99. The van der Waals surface area contributed by atoms with Gasteiger partial charge in [-0.05, 0) is 37.5 Å². The number of nitrogens with zero attached hydrogens (tertiary/aromatic N) is 1. The van der Waals surface area contributed by atoms with E-state index in [2.05, 4.69) is 10.2 Å². The molecule has 1 heterocycles. The number of aliphatic hydroxyl groups is 2. The number of amides is 1. The van der Waals surface area contributed by atoms with Gasteiger partial charge in [0.2, 0.25) is 5.91 Å². The van der Waals surface area contributed by atoms with Crippen LogP contribution in [0, 0.1) is 17.8 Å². The number of piperidine rings is 1. The van der Waals surface area contributed by atoms with Gasteiger partial charge in [-0.2, -0.15) is 0 Å². The summed E-state index contributed by atoms with van der Waals surface area (Å²) in [6.45, 7) is 6.30. The van der Waals surface area contributed by atoms with Crippen molar-refractivity contribution in [3.05, 3.63) is 0 Å². The fourth-order valence-corrected chi connectivity index (χ4v) is 3.28. The molecule has 0 aromatic carbocycles. The SMILES string of the molecule is CC(C)C(=O)NC1CC(CC(O)C2CC2)CN(CCO)C1. The summed E-state index contributed by atoms with van der Waals surface area (Å²) in [6.07, 6.45) is 3.87. The van der Waals surface area contributed by atoms with E-state index in [1.165, 1.54) is 0 Å². The number of hydrogen-bond donors (Lipinski definition) is 3. The van der Waals surface area contributed by atoms with Crippen molar-refractivity contribution >= 4 is 5.91 Å². The minimum atomic E-state index is -0.189. The van der Waals surface area contributed by atoms with Crippen molar-refractivity contribution in [1.29, 1.82) is 0 Å². The molecule has 1 aliphatic carbocycles. The molecule has 2 rings (SSSR count). The molecule has 122 valence electrons. The Morgan fingerprint density at radius 3 is 2.62 bits per heavy atom. The maximum Gasteiger partial charge on any atom is 0.222 e. The van der Waals surface area contributed by atoms with Crippen molar-refractivity contribution in [1.82, 2.24) is 10.2 Å². The van der Waals surface area contributed by atoms with Gasteiger partial charge in [0, 0.05) is 31.6 Å². The second-order valence-corrected chi connectivity index (χ2v) is 7.09. The van der Waals surface area contributed by atoms with Crippen LogP contribution in [-0.4, -0.2) is 59.4 Å². The Balaban J connectivity index is 1.88. The summed E-state index contributed by atoms with van der Waals surface area (Å²) in [5.41, 5.74) is 0. The fourth-order valence-electron chi connectivity index (χ4n) is 3.28. The van der Waals surface area contributed by atoms with Gasteiger partial charge in [0.25, 0.3) is 0 Å². The standard InChI is InChI=1S/C16H30N2O3/c1-11(2)16(21)17-14-7-12(8-15(20)13-3-4-13)9-18(10-14)5-6-19/h11-15,19-20H,3-10H2,1-2H3,(H,17,21). The number of rotatable bonds is 7. The highest BCUT2D eigenvalue weighted by atomic mass is 16.3. The van der Waals surface area contributed by atoms with Crippen LogP contribution in [0.4, 0.5) is 0 Å². The van der Waals surface area contributed by atoms with Crippen molar-refractivity contribution in [2.45, 2.75) is 51.7 Å². The number of aliphatic hydroxyl groups excluding tert-OH is 2. The molecule has 5 heteroatoms. The first kappa shape index (κ1) is 16.7. The summed E-state index contributed by atoms with van der Waals surface area (Å²) in [6, 6.07) is 0.136. The molecule has 1 saturated heterocycles. The van der Waals surface area contributed by atoms with Gasteiger partial charge in [-0.1, -0.05) is 13.8 Å². The third-order valence-electron chi connectivity index (χ3n) is 4.64. The zero-order valence-electron chi connectivity index (χ0n) is 13.3. The van der Waals surface area contributed by atoms with Crippen LogP contribution < -0.4 is 5.32 Å². The zero-order chi connectivity index (χ0) is 15.4. The molecule has 1 aliphatic heterocycles. The molecule has 5 nitrogen and oxygen atoms in total. The molecule has 0 bridgehead atoms. The Labute approximate surface area is 127 Å². The van der Waals surface area contributed by atoms with Crippen LogP contribution in [0.2, 0.25) is 0 Å². The number of hydrogen-bond acceptors (Lipinski definition) is 4. The zero-order valence-corrected chi connectivity index (χ0v) is 13.3. The predicted octanol–water partition coefficient (Wildman–Crippen LogP) is 0.602. The summed E-state index contributed by atoms with van der Waals surface area (Å²) >= 11 is 0. The molecule has 3 atom stereocenters. The molecule has 0 aromatic rings. The molecular weight excluding hydrogens is 268 g/mol. The molecule has 0 aromatic heterocycles. The number of β-amino-alcohol motifs (C(OH)–C–C–N with tert-alkyl or cyclic N) is 1. The summed E-state index contributed by atoms with van der Waals surface area (Å²) < 4.78 is 0. The topological polar surface area (TPSA) is 72.8 Å². The second kappa shape index (κ2) is 7.56. The van der Waals surface area contributed by atoms with Crippen molar-refractivity contribution < 1.29 is 15.0 Å². The van der Waals surface area contributed by atoms with Crippen LogP contribution in [0.15, 0.2) is 0 Å². The Kier molecular flexibility index (Phi) is 6.02. The quantitative estimate of drug-likeness (QED) is 0.644. The van der Waals surface area contributed by atoms with Crippen molar-refractivity contribution in [2.75, 3.05) is 26.2 Å². The molecule has 3 unspecified atom stereocenters. The summed E-state index contributed by atoms with van der Waals surface area (Å²) in [4.78, 5) is 14.1. The molecule has 21 heavy (non-hydrogen) atoms. The Bertz CT molecular complexity index is 344. The minimum Gasteiger partial charge on any atom is -0.395 e. The maximum absolute atomic E-state index is 11.9. The highest BCUT2D eigenvalue weighted by Gasteiger charge is 2.34. The second-order valence-electron chi connectivity index (χ2n) is 7.09. The van der Waals surface area contributed by atoms with E-state index in [4.69, 9.17) is 5.11 Å². The molecular formula is C16H30N2O3. The van der Waals surface area contributed by atoms with E-state index >= 15 is 0 Å². The average molecular weight is 298 g/mol. The largest absolute Gasteiger partial charge is 0.395 e. The van der Waals surface area contributed by atoms with E-state index in [0.29, 0.717) is 18.4 Å². The van der Waals surface area contributed by atoms with Crippen LogP contribution in [0.3, 0.4) is 0 Å². The van der Waals surface area contributed by atoms with Crippen LogP contribution in [0.1, 0.15) is 39.5 Å². The van der Waals surface area contributed by atoms with Crippen molar-refractivity contribution in [3.63, 3.8) is 0 Å². The lowest BCUT2D eigenvalue weighted by atomic mass is 9.88. The fraction of sp³-hybridized carbons (Fsp3) is 0.938. The smallest absolute Gasteiger partial charge is 0.222 e. The van der Waals surface area contributed by atoms with Gasteiger partial charge in [0.1, 0.15) is 0 Å². The van der Waals surface area contributed by atoms with E-state index in [0.717, 1.165) is 38.8 Å². The number of likely N-dealkylation sites (tertiary alicyclic amines) is 1. The minimum absolute atomic E-state index is 0.00581. The van der Waals surface area contributed by atoms with Gasteiger partial charge in [0.05, 0.1) is 12.7 Å². The van der Waals surface area contributed by atoms with Gasteiger partial charge >= 0.3 is 0 Å². The van der Waals surface area contributed by atoms with Crippen molar-refractivity contribution in [2.24, 2.45) is 17.8 Å². The Morgan fingerprint density at radius 2 is 2.05 bits per heavy atom.